The van der Waals surface area contributed by atoms with Gasteiger partial charge in [-0.1, -0.05) is 13.8 Å². The van der Waals surface area contributed by atoms with E-state index in [1.807, 2.05) is 18.7 Å². The minimum Gasteiger partial charge on any atom is -0.331 e. The third-order valence-corrected chi connectivity index (χ3v) is 7.49. The van der Waals surface area contributed by atoms with E-state index in [4.69, 9.17) is 0 Å². The molecular formula is C20H31N3O3S. The van der Waals surface area contributed by atoms with Crippen molar-refractivity contribution in [1.82, 2.24) is 14.5 Å². The number of carbonyl (C=O) groups excluding carboxylic acids is 1. The first-order valence-electron chi connectivity index (χ1n) is 10.1. The maximum Gasteiger partial charge on any atom is 0.254 e. The molecule has 1 aromatic carbocycles. The molecule has 2 aliphatic rings. The van der Waals surface area contributed by atoms with Crippen molar-refractivity contribution in [3.8, 4) is 0 Å². The molecule has 2 saturated heterocycles. The quantitative estimate of drug-likeness (QED) is 0.773. The Labute approximate surface area is 163 Å². The normalized spacial score (nSPS) is 22.9. The van der Waals surface area contributed by atoms with Gasteiger partial charge in [0, 0.05) is 37.3 Å². The van der Waals surface area contributed by atoms with Crippen LogP contribution in [0, 0.1) is 0 Å². The summed E-state index contributed by atoms with van der Waals surface area (Å²) in [5.74, 6) is 0.0223. The van der Waals surface area contributed by atoms with Crippen LogP contribution in [-0.2, 0) is 10.0 Å². The van der Waals surface area contributed by atoms with E-state index in [1.165, 1.54) is 4.31 Å². The average Bonchev–Trinajstić information content (AvgIpc) is 2.93. The highest BCUT2D eigenvalue weighted by atomic mass is 32.2. The lowest BCUT2D eigenvalue weighted by Gasteiger charge is -2.28. The summed E-state index contributed by atoms with van der Waals surface area (Å²) in [5, 5.41) is 3.40. The van der Waals surface area contributed by atoms with Crippen LogP contribution in [0.25, 0.3) is 0 Å². The maximum absolute atomic E-state index is 13.1. The molecule has 2 fully saturated rings. The molecule has 27 heavy (non-hydrogen) atoms. The van der Waals surface area contributed by atoms with Crippen LogP contribution >= 0.6 is 0 Å². The second kappa shape index (κ2) is 8.71. The number of benzene rings is 1. The number of carbonyl (C=O) groups is 1. The zero-order valence-corrected chi connectivity index (χ0v) is 17.2. The van der Waals surface area contributed by atoms with Gasteiger partial charge in [-0.15, -0.1) is 0 Å². The van der Waals surface area contributed by atoms with E-state index < -0.39 is 10.0 Å². The van der Waals surface area contributed by atoms with Gasteiger partial charge in [-0.2, -0.15) is 4.31 Å². The van der Waals surface area contributed by atoms with Crippen LogP contribution in [0.2, 0.25) is 0 Å². The molecule has 2 unspecified atom stereocenters. The highest BCUT2D eigenvalue weighted by Gasteiger charge is 2.38. The molecule has 3 rings (SSSR count). The van der Waals surface area contributed by atoms with Crippen molar-refractivity contribution in [1.29, 1.82) is 0 Å². The zero-order chi connectivity index (χ0) is 19.4. The third-order valence-electron chi connectivity index (χ3n) is 5.57. The summed E-state index contributed by atoms with van der Waals surface area (Å²) in [6.45, 7) is 6.78. The van der Waals surface area contributed by atoms with Crippen LogP contribution in [0.3, 0.4) is 0 Å². The van der Waals surface area contributed by atoms with Gasteiger partial charge in [0.2, 0.25) is 10.0 Å². The Morgan fingerprint density at radius 1 is 1.07 bits per heavy atom. The highest BCUT2D eigenvalue weighted by molar-refractivity contribution is 7.89. The molecule has 2 aliphatic heterocycles. The summed E-state index contributed by atoms with van der Waals surface area (Å²) in [7, 11) is -3.51. The van der Waals surface area contributed by atoms with Gasteiger partial charge in [0.05, 0.1) is 4.90 Å². The predicted octanol–water partition coefficient (Wildman–Crippen LogP) is 2.46. The molecule has 2 bridgehead atoms. The third kappa shape index (κ3) is 4.20. The number of sulfonamides is 1. The number of amides is 1. The molecule has 0 radical (unpaired) electrons. The molecule has 1 aromatic rings. The molecule has 1 amide bonds. The van der Waals surface area contributed by atoms with E-state index >= 15 is 0 Å². The fourth-order valence-electron chi connectivity index (χ4n) is 4.23. The van der Waals surface area contributed by atoms with E-state index in [0.717, 1.165) is 45.2 Å². The average molecular weight is 394 g/mol. The molecule has 2 atom stereocenters. The minimum atomic E-state index is -3.51. The molecule has 0 aromatic heterocycles. The fourth-order valence-corrected chi connectivity index (χ4v) is 5.86. The van der Waals surface area contributed by atoms with Gasteiger partial charge in [0.25, 0.3) is 5.91 Å². The van der Waals surface area contributed by atoms with Crippen molar-refractivity contribution < 1.29 is 13.2 Å². The number of nitrogens with zero attached hydrogens (tertiary/aromatic N) is 2. The highest BCUT2D eigenvalue weighted by Crippen LogP contribution is 2.30. The molecule has 0 saturated carbocycles. The first-order chi connectivity index (χ1) is 13.0. The van der Waals surface area contributed by atoms with Crippen molar-refractivity contribution in [2.75, 3.05) is 26.2 Å². The summed E-state index contributed by atoms with van der Waals surface area (Å²) >= 11 is 0. The van der Waals surface area contributed by atoms with Crippen LogP contribution in [0.15, 0.2) is 29.2 Å². The first-order valence-corrected chi connectivity index (χ1v) is 11.6. The van der Waals surface area contributed by atoms with Crippen LogP contribution < -0.4 is 5.32 Å². The van der Waals surface area contributed by atoms with Crippen LogP contribution in [0.1, 0.15) is 56.3 Å². The summed E-state index contributed by atoms with van der Waals surface area (Å²) in [5.41, 5.74) is 0.574. The Bertz CT molecular complexity index is 728. The summed E-state index contributed by atoms with van der Waals surface area (Å²) in [4.78, 5) is 15.3. The Kier molecular flexibility index (Phi) is 6.55. The SMILES string of the molecule is CCCN(CCC)S(=O)(=O)c1ccc(C(=O)N2C3CCNCC2CC3)cc1. The second-order valence-electron chi connectivity index (χ2n) is 7.52. The van der Waals surface area contributed by atoms with E-state index in [1.54, 1.807) is 24.3 Å². The van der Waals surface area contributed by atoms with Crippen molar-refractivity contribution >= 4 is 15.9 Å². The molecule has 1 N–H and O–H groups in total. The van der Waals surface area contributed by atoms with Crippen LogP contribution in [0.4, 0.5) is 0 Å². The van der Waals surface area contributed by atoms with Crippen LogP contribution in [-0.4, -0.2) is 61.8 Å². The van der Waals surface area contributed by atoms with Crippen molar-refractivity contribution in [2.45, 2.75) is 62.9 Å². The minimum absolute atomic E-state index is 0.0223. The van der Waals surface area contributed by atoms with Gasteiger partial charge in [-0.25, -0.2) is 8.42 Å². The standard InChI is InChI=1S/C20H31N3O3S/c1-3-13-22(14-4-2)27(25,26)19-9-5-16(6-10-19)20(24)23-17-7-8-18(23)15-21-12-11-17/h5-6,9-10,17-18,21H,3-4,7-8,11-15H2,1-2H3. The smallest absolute Gasteiger partial charge is 0.254 e. The van der Waals surface area contributed by atoms with E-state index in [9.17, 15) is 13.2 Å². The molecule has 6 nitrogen and oxygen atoms in total. The molecule has 0 aliphatic carbocycles. The number of hydrogen-bond acceptors (Lipinski definition) is 4. The van der Waals surface area contributed by atoms with Crippen molar-refractivity contribution in [2.24, 2.45) is 0 Å². The summed E-state index contributed by atoms with van der Waals surface area (Å²) in [6.07, 6.45) is 4.65. The predicted molar refractivity (Wildman–Crippen MR) is 106 cm³/mol. The van der Waals surface area contributed by atoms with Gasteiger partial charge in [0.15, 0.2) is 0 Å². The Hall–Kier alpha value is -1.44. The molecule has 0 spiro atoms. The van der Waals surface area contributed by atoms with E-state index in [-0.39, 0.29) is 16.8 Å². The lowest BCUT2D eigenvalue weighted by molar-refractivity contribution is 0.0680. The zero-order valence-electron chi connectivity index (χ0n) is 16.4. The lowest BCUT2D eigenvalue weighted by Crippen LogP contribution is -2.42. The Balaban J connectivity index is 1.79. The number of fused-ring (bicyclic) bond motifs is 2. The number of rotatable bonds is 7. The van der Waals surface area contributed by atoms with E-state index in [2.05, 4.69) is 5.32 Å². The van der Waals surface area contributed by atoms with Gasteiger partial charge in [-0.05, 0) is 62.9 Å². The number of hydrogen-bond donors (Lipinski definition) is 1. The van der Waals surface area contributed by atoms with Gasteiger partial charge >= 0.3 is 0 Å². The Morgan fingerprint density at radius 2 is 1.70 bits per heavy atom. The Morgan fingerprint density at radius 3 is 2.33 bits per heavy atom. The first kappa shape index (κ1) is 20.3. The van der Waals surface area contributed by atoms with Gasteiger partial charge in [0.1, 0.15) is 0 Å². The summed E-state index contributed by atoms with van der Waals surface area (Å²) in [6, 6.07) is 7.05. The fraction of sp³-hybridized carbons (Fsp3) is 0.650. The largest absolute Gasteiger partial charge is 0.331 e. The van der Waals surface area contributed by atoms with E-state index in [0.29, 0.717) is 24.7 Å². The molecule has 150 valence electrons. The van der Waals surface area contributed by atoms with Crippen LogP contribution in [0.5, 0.6) is 0 Å². The number of nitrogens with one attached hydrogen (secondary N) is 1. The molecule has 2 heterocycles. The van der Waals surface area contributed by atoms with Crippen molar-refractivity contribution in [3.05, 3.63) is 29.8 Å². The monoisotopic (exact) mass is 393 g/mol. The van der Waals surface area contributed by atoms with Gasteiger partial charge in [-0.3, -0.25) is 4.79 Å². The topological polar surface area (TPSA) is 69.7 Å². The second-order valence-corrected chi connectivity index (χ2v) is 9.46. The van der Waals surface area contributed by atoms with Gasteiger partial charge < -0.3 is 10.2 Å². The summed E-state index contributed by atoms with van der Waals surface area (Å²) < 4.78 is 27.3. The van der Waals surface area contributed by atoms with Crippen molar-refractivity contribution in [3.63, 3.8) is 0 Å². The maximum atomic E-state index is 13.1. The lowest BCUT2D eigenvalue weighted by atomic mass is 10.1. The molecule has 7 heteroatoms. The molecular weight excluding hydrogens is 362 g/mol.